The average molecular weight is 290 g/mol. The van der Waals surface area contributed by atoms with Crippen LogP contribution in [0.3, 0.4) is 0 Å². The van der Waals surface area contributed by atoms with E-state index in [0.717, 1.165) is 5.56 Å². The van der Waals surface area contributed by atoms with E-state index in [2.05, 4.69) is 0 Å². The summed E-state index contributed by atoms with van der Waals surface area (Å²) >= 11 is -1.34. The molecule has 0 aliphatic rings. The third-order valence-corrected chi connectivity index (χ3v) is 4.17. The number of carboxylic acids is 1. The fraction of sp³-hybridized carbons (Fsp3) is 0.133. The van der Waals surface area contributed by atoms with Gasteiger partial charge in [0.15, 0.2) is 9.79 Å². The number of aromatic hydroxyl groups is 1. The second-order valence-electron chi connectivity index (χ2n) is 4.30. The number of aliphatic carboxylic acids is 1. The number of hydrogen-bond acceptors (Lipinski definition) is 3. The van der Waals surface area contributed by atoms with Crippen molar-refractivity contribution in [2.24, 2.45) is 0 Å². The molecule has 0 aromatic heterocycles. The van der Waals surface area contributed by atoms with Crippen molar-refractivity contribution in [1.29, 1.82) is 0 Å². The largest absolute Gasteiger partial charge is 0.606 e. The number of benzene rings is 2. The van der Waals surface area contributed by atoms with Gasteiger partial charge in [-0.3, -0.25) is 4.79 Å². The molecule has 4 nitrogen and oxygen atoms in total. The summed E-state index contributed by atoms with van der Waals surface area (Å²) in [6.07, 6.45) is 0.464. The molecule has 0 saturated carbocycles. The van der Waals surface area contributed by atoms with E-state index in [1.807, 2.05) is 6.07 Å². The third kappa shape index (κ3) is 3.76. The van der Waals surface area contributed by atoms with Crippen LogP contribution in [0, 0.1) is 0 Å². The van der Waals surface area contributed by atoms with E-state index in [0.29, 0.717) is 16.2 Å². The molecule has 2 aromatic rings. The molecule has 104 valence electrons. The first-order valence-corrected chi connectivity index (χ1v) is 7.23. The van der Waals surface area contributed by atoms with Crippen molar-refractivity contribution in [3.05, 3.63) is 54.1 Å². The first-order chi connectivity index (χ1) is 9.56. The standard InChI is InChI=1S/C15H14O4S/c16-12-5-7-13(8-6-12)20(19)14-3-1-2-11(10-14)4-9-15(17)18/h1-3,5-8,10,16H,4,9H2,(H,17,18). The minimum absolute atomic E-state index is 0.0509. The fourth-order valence-electron chi connectivity index (χ4n) is 1.77. The van der Waals surface area contributed by atoms with Crippen molar-refractivity contribution in [2.45, 2.75) is 22.6 Å². The van der Waals surface area contributed by atoms with Crippen LogP contribution in [0.15, 0.2) is 58.3 Å². The van der Waals surface area contributed by atoms with Gasteiger partial charge >= 0.3 is 5.97 Å². The van der Waals surface area contributed by atoms with Gasteiger partial charge in [-0.1, -0.05) is 12.1 Å². The van der Waals surface area contributed by atoms with Crippen molar-refractivity contribution in [2.75, 3.05) is 0 Å². The number of carboxylic acid groups (broad SMARTS) is 1. The first-order valence-electron chi connectivity index (χ1n) is 6.08. The Morgan fingerprint density at radius 2 is 1.80 bits per heavy atom. The van der Waals surface area contributed by atoms with Gasteiger partial charge in [-0.2, -0.15) is 0 Å². The summed E-state index contributed by atoms with van der Waals surface area (Å²) in [6, 6.07) is 13.3. The van der Waals surface area contributed by atoms with Gasteiger partial charge in [-0.25, -0.2) is 0 Å². The zero-order chi connectivity index (χ0) is 14.5. The Morgan fingerprint density at radius 3 is 2.45 bits per heavy atom. The lowest BCUT2D eigenvalue weighted by Crippen LogP contribution is -2.03. The summed E-state index contributed by atoms with van der Waals surface area (Å²) in [4.78, 5) is 11.8. The summed E-state index contributed by atoms with van der Waals surface area (Å²) in [7, 11) is 0. The Kier molecular flexibility index (Phi) is 4.65. The van der Waals surface area contributed by atoms with Crippen LogP contribution in [-0.2, 0) is 22.4 Å². The van der Waals surface area contributed by atoms with Crippen molar-refractivity contribution in [3.63, 3.8) is 0 Å². The van der Waals surface area contributed by atoms with E-state index in [9.17, 15) is 14.5 Å². The lowest BCUT2D eigenvalue weighted by Gasteiger charge is -2.10. The van der Waals surface area contributed by atoms with Crippen molar-refractivity contribution in [3.8, 4) is 5.75 Å². The lowest BCUT2D eigenvalue weighted by molar-refractivity contribution is -0.136. The molecule has 0 fully saturated rings. The Hall–Kier alpha value is -1.98. The molecule has 20 heavy (non-hydrogen) atoms. The highest BCUT2D eigenvalue weighted by Crippen LogP contribution is 2.23. The van der Waals surface area contributed by atoms with Crippen LogP contribution in [0.1, 0.15) is 12.0 Å². The van der Waals surface area contributed by atoms with Crippen LogP contribution in [0.4, 0.5) is 0 Å². The van der Waals surface area contributed by atoms with Crippen LogP contribution in [-0.4, -0.2) is 20.7 Å². The summed E-state index contributed by atoms with van der Waals surface area (Å²) in [5.74, 6) is -0.726. The minimum Gasteiger partial charge on any atom is -0.606 e. The summed E-state index contributed by atoms with van der Waals surface area (Å²) in [5.41, 5.74) is 0.844. The summed E-state index contributed by atoms with van der Waals surface area (Å²) in [6.45, 7) is 0. The van der Waals surface area contributed by atoms with Crippen LogP contribution >= 0.6 is 0 Å². The van der Waals surface area contributed by atoms with E-state index in [4.69, 9.17) is 5.11 Å². The van der Waals surface area contributed by atoms with E-state index in [-0.39, 0.29) is 12.2 Å². The molecular weight excluding hydrogens is 276 g/mol. The quantitative estimate of drug-likeness (QED) is 0.829. The van der Waals surface area contributed by atoms with E-state index < -0.39 is 17.1 Å². The highest BCUT2D eigenvalue weighted by molar-refractivity contribution is 7.91. The third-order valence-electron chi connectivity index (χ3n) is 2.79. The van der Waals surface area contributed by atoms with E-state index in [1.165, 1.54) is 12.1 Å². The Bertz CT molecular complexity index is 595. The number of rotatable bonds is 5. The maximum atomic E-state index is 12.4. The molecule has 2 aromatic carbocycles. The highest BCUT2D eigenvalue weighted by atomic mass is 32.2. The molecule has 0 radical (unpaired) electrons. The van der Waals surface area contributed by atoms with Crippen LogP contribution in [0.2, 0.25) is 0 Å². The number of carbonyl (C=O) groups is 1. The topological polar surface area (TPSA) is 80.6 Å². The maximum Gasteiger partial charge on any atom is 0.303 e. The van der Waals surface area contributed by atoms with Gasteiger partial charge in [0.25, 0.3) is 0 Å². The van der Waals surface area contributed by atoms with Gasteiger partial charge in [0.1, 0.15) is 5.75 Å². The van der Waals surface area contributed by atoms with E-state index >= 15 is 0 Å². The zero-order valence-corrected chi connectivity index (χ0v) is 11.5. The Labute approximate surface area is 119 Å². The number of aryl methyl sites for hydroxylation is 1. The highest BCUT2D eigenvalue weighted by Gasteiger charge is 2.15. The molecule has 0 heterocycles. The molecule has 0 amide bonds. The molecule has 2 N–H and O–H groups in total. The smallest absolute Gasteiger partial charge is 0.303 e. The minimum atomic E-state index is -1.34. The molecule has 0 aliphatic heterocycles. The predicted molar refractivity (Wildman–Crippen MR) is 75.2 cm³/mol. The number of phenols is 1. The SMILES string of the molecule is O=C(O)CCc1cccc([S+]([O-])c2ccc(O)cc2)c1. The van der Waals surface area contributed by atoms with Gasteiger partial charge in [-0.05, 0) is 48.4 Å². The van der Waals surface area contributed by atoms with Gasteiger partial charge < -0.3 is 14.8 Å². The lowest BCUT2D eigenvalue weighted by atomic mass is 10.1. The number of hydrogen-bond donors (Lipinski definition) is 2. The molecular formula is C15H14O4S. The molecule has 5 heteroatoms. The molecule has 0 spiro atoms. The molecule has 0 aliphatic carbocycles. The van der Waals surface area contributed by atoms with Crippen molar-refractivity contribution in [1.82, 2.24) is 0 Å². The molecule has 1 unspecified atom stereocenters. The van der Waals surface area contributed by atoms with Gasteiger partial charge in [0.2, 0.25) is 0 Å². The van der Waals surface area contributed by atoms with Crippen molar-refractivity contribution < 1.29 is 19.6 Å². The summed E-state index contributed by atoms with van der Waals surface area (Å²) < 4.78 is 12.4. The molecule has 2 rings (SSSR count). The van der Waals surface area contributed by atoms with Gasteiger partial charge in [0.05, 0.1) is 0 Å². The number of phenolic OH excluding ortho intramolecular Hbond substituents is 1. The van der Waals surface area contributed by atoms with E-state index in [1.54, 1.807) is 30.3 Å². The Balaban J connectivity index is 2.17. The van der Waals surface area contributed by atoms with Gasteiger partial charge in [0, 0.05) is 17.6 Å². The molecule has 0 saturated heterocycles. The first kappa shape index (κ1) is 14.4. The van der Waals surface area contributed by atoms with Crippen LogP contribution < -0.4 is 0 Å². The zero-order valence-electron chi connectivity index (χ0n) is 10.7. The Morgan fingerprint density at radius 1 is 1.10 bits per heavy atom. The van der Waals surface area contributed by atoms with Crippen molar-refractivity contribution >= 4 is 17.1 Å². The second-order valence-corrected chi connectivity index (χ2v) is 5.78. The molecule has 1 atom stereocenters. The maximum absolute atomic E-state index is 12.4. The second kappa shape index (κ2) is 6.45. The normalized spacial score (nSPS) is 12.1. The van der Waals surface area contributed by atoms with Gasteiger partial charge in [-0.15, -0.1) is 0 Å². The monoisotopic (exact) mass is 290 g/mol. The average Bonchev–Trinajstić information content (AvgIpc) is 2.45. The van der Waals surface area contributed by atoms with Crippen LogP contribution in [0.25, 0.3) is 0 Å². The molecule has 0 bridgehead atoms. The fourth-order valence-corrected chi connectivity index (χ4v) is 2.89. The summed E-state index contributed by atoms with van der Waals surface area (Å²) in [5, 5.41) is 17.9. The van der Waals surface area contributed by atoms with Crippen LogP contribution in [0.5, 0.6) is 5.75 Å². The predicted octanol–water partition coefficient (Wildman–Crippen LogP) is 2.58.